The first-order valence-corrected chi connectivity index (χ1v) is 5.78. The van der Waals surface area contributed by atoms with Gasteiger partial charge in [-0.3, -0.25) is 0 Å². The Morgan fingerprint density at radius 3 is 2.81 bits per heavy atom. The predicted octanol–water partition coefficient (Wildman–Crippen LogP) is 3.24. The van der Waals surface area contributed by atoms with Crippen LogP contribution in [0.2, 0.25) is 0 Å². The Labute approximate surface area is 95.0 Å². The average molecular weight is 213 g/mol. The molecule has 0 aliphatic heterocycles. The zero-order valence-corrected chi connectivity index (χ0v) is 9.15. The molecule has 0 spiro atoms. The first-order valence-electron chi connectivity index (χ1n) is 5.78. The van der Waals surface area contributed by atoms with Crippen LogP contribution in [0.5, 0.6) is 0 Å². The minimum absolute atomic E-state index is 0.591. The summed E-state index contributed by atoms with van der Waals surface area (Å²) in [5.74, 6) is 1.02. The monoisotopic (exact) mass is 213 g/mol. The highest BCUT2D eigenvalue weighted by Crippen LogP contribution is 2.19. The Kier molecular flexibility index (Phi) is 2.50. The third kappa shape index (κ3) is 1.89. The van der Waals surface area contributed by atoms with Crippen LogP contribution in [0.1, 0.15) is 18.6 Å². The van der Waals surface area contributed by atoms with Gasteiger partial charge >= 0.3 is 0 Å². The second-order valence-corrected chi connectivity index (χ2v) is 4.27. The number of nitrogens with one attached hydrogen (secondary N) is 1. The summed E-state index contributed by atoms with van der Waals surface area (Å²) in [7, 11) is 0. The van der Waals surface area contributed by atoms with Gasteiger partial charge < -0.3 is 9.73 Å². The molecule has 1 N–H and O–H groups in total. The minimum atomic E-state index is 0.591. The van der Waals surface area contributed by atoms with Gasteiger partial charge in [0.15, 0.2) is 0 Å². The lowest BCUT2D eigenvalue weighted by molar-refractivity contribution is 0.469. The van der Waals surface area contributed by atoms with Gasteiger partial charge in [0.2, 0.25) is 0 Å². The molecule has 2 aromatic rings. The Bertz CT molecular complexity index is 471. The Hall–Kier alpha value is -1.54. The number of furan rings is 1. The van der Waals surface area contributed by atoms with Crippen molar-refractivity contribution in [1.29, 1.82) is 0 Å². The molecular formula is C14H15NO. The van der Waals surface area contributed by atoms with Crippen LogP contribution in [0, 0.1) is 0 Å². The molecule has 0 fully saturated rings. The molecular weight excluding hydrogens is 198 g/mol. The molecule has 0 radical (unpaired) electrons. The molecule has 1 aromatic heterocycles. The zero-order chi connectivity index (χ0) is 10.8. The maximum absolute atomic E-state index is 5.74. The molecule has 1 aromatic carbocycles. The highest BCUT2D eigenvalue weighted by atomic mass is 16.3. The van der Waals surface area contributed by atoms with E-state index in [1.54, 1.807) is 0 Å². The molecule has 0 saturated carbocycles. The van der Waals surface area contributed by atoms with Crippen molar-refractivity contribution < 1.29 is 4.42 Å². The van der Waals surface area contributed by atoms with Gasteiger partial charge in [-0.05, 0) is 25.0 Å². The van der Waals surface area contributed by atoms with Crippen LogP contribution < -0.4 is 5.32 Å². The quantitative estimate of drug-likeness (QED) is 0.792. The van der Waals surface area contributed by atoms with E-state index in [1.165, 1.54) is 5.39 Å². The van der Waals surface area contributed by atoms with Crippen LogP contribution in [-0.4, -0.2) is 6.04 Å². The Balaban J connectivity index is 1.69. The van der Waals surface area contributed by atoms with Crippen LogP contribution in [0.25, 0.3) is 11.0 Å². The third-order valence-electron chi connectivity index (χ3n) is 3.05. The van der Waals surface area contributed by atoms with Crippen LogP contribution >= 0.6 is 0 Å². The van der Waals surface area contributed by atoms with Crippen LogP contribution in [-0.2, 0) is 6.54 Å². The van der Waals surface area contributed by atoms with Crippen LogP contribution in [0.15, 0.2) is 46.9 Å². The maximum Gasteiger partial charge on any atom is 0.134 e. The van der Waals surface area contributed by atoms with E-state index in [0.29, 0.717) is 6.04 Å². The summed E-state index contributed by atoms with van der Waals surface area (Å²) in [5.41, 5.74) is 0.976. The number of benzene rings is 1. The van der Waals surface area contributed by atoms with Gasteiger partial charge in [-0.25, -0.2) is 0 Å². The van der Waals surface area contributed by atoms with Crippen molar-refractivity contribution in [2.45, 2.75) is 25.4 Å². The van der Waals surface area contributed by atoms with Gasteiger partial charge in [-0.15, -0.1) is 0 Å². The molecule has 2 nitrogen and oxygen atoms in total. The van der Waals surface area contributed by atoms with E-state index in [9.17, 15) is 0 Å². The Morgan fingerprint density at radius 1 is 1.19 bits per heavy atom. The normalized spacial score (nSPS) is 16.2. The predicted molar refractivity (Wildman–Crippen MR) is 65.2 cm³/mol. The molecule has 1 heterocycles. The van der Waals surface area contributed by atoms with Crippen molar-refractivity contribution in [1.82, 2.24) is 5.32 Å². The minimum Gasteiger partial charge on any atom is -0.460 e. The summed E-state index contributed by atoms with van der Waals surface area (Å²) >= 11 is 0. The van der Waals surface area contributed by atoms with E-state index < -0.39 is 0 Å². The SMILES string of the molecule is C1=CCC(NCc2cc3ccccc3o2)C1. The molecule has 1 aliphatic rings. The van der Waals surface area contributed by atoms with Crippen LogP contribution in [0.4, 0.5) is 0 Å². The lowest BCUT2D eigenvalue weighted by Gasteiger charge is -2.09. The van der Waals surface area contributed by atoms with Crippen molar-refractivity contribution >= 4 is 11.0 Å². The fourth-order valence-corrected chi connectivity index (χ4v) is 2.15. The lowest BCUT2D eigenvalue weighted by Crippen LogP contribution is -2.25. The molecule has 16 heavy (non-hydrogen) atoms. The van der Waals surface area contributed by atoms with Gasteiger partial charge in [0.05, 0.1) is 6.54 Å². The molecule has 1 aliphatic carbocycles. The first-order chi connectivity index (χ1) is 7.92. The largest absolute Gasteiger partial charge is 0.460 e. The van der Waals surface area contributed by atoms with Gasteiger partial charge in [0.1, 0.15) is 11.3 Å². The number of hydrogen-bond acceptors (Lipinski definition) is 2. The highest BCUT2D eigenvalue weighted by Gasteiger charge is 2.10. The molecule has 2 heteroatoms. The van der Waals surface area contributed by atoms with Gasteiger partial charge in [0.25, 0.3) is 0 Å². The second kappa shape index (κ2) is 4.14. The Morgan fingerprint density at radius 2 is 2.00 bits per heavy atom. The molecule has 0 atom stereocenters. The summed E-state index contributed by atoms with van der Waals surface area (Å²) in [6, 6.07) is 10.8. The van der Waals surface area contributed by atoms with Crippen molar-refractivity contribution in [3.63, 3.8) is 0 Å². The van der Waals surface area contributed by atoms with Crippen molar-refractivity contribution in [3.05, 3.63) is 48.2 Å². The van der Waals surface area contributed by atoms with Crippen molar-refractivity contribution in [2.75, 3.05) is 0 Å². The van der Waals surface area contributed by atoms with E-state index in [0.717, 1.165) is 30.7 Å². The van der Waals surface area contributed by atoms with Gasteiger partial charge in [0, 0.05) is 11.4 Å². The molecule has 3 rings (SSSR count). The summed E-state index contributed by atoms with van der Waals surface area (Å²) < 4.78 is 5.74. The summed E-state index contributed by atoms with van der Waals surface area (Å²) in [4.78, 5) is 0. The topological polar surface area (TPSA) is 25.2 Å². The van der Waals surface area contributed by atoms with Crippen molar-refractivity contribution in [3.8, 4) is 0 Å². The maximum atomic E-state index is 5.74. The number of para-hydroxylation sites is 1. The molecule has 0 bridgehead atoms. The summed E-state index contributed by atoms with van der Waals surface area (Å²) in [6.45, 7) is 0.820. The lowest BCUT2D eigenvalue weighted by atomic mass is 10.2. The van der Waals surface area contributed by atoms with E-state index in [4.69, 9.17) is 4.42 Å². The second-order valence-electron chi connectivity index (χ2n) is 4.27. The fraction of sp³-hybridized carbons (Fsp3) is 0.286. The fourth-order valence-electron chi connectivity index (χ4n) is 2.15. The number of fused-ring (bicyclic) bond motifs is 1. The summed E-state index contributed by atoms with van der Waals surface area (Å²) in [5, 5.41) is 4.69. The number of hydrogen-bond donors (Lipinski definition) is 1. The zero-order valence-electron chi connectivity index (χ0n) is 9.15. The van der Waals surface area contributed by atoms with Crippen molar-refractivity contribution in [2.24, 2.45) is 0 Å². The van der Waals surface area contributed by atoms with E-state index in [2.05, 4.69) is 29.6 Å². The van der Waals surface area contributed by atoms with E-state index >= 15 is 0 Å². The molecule has 0 saturated heterocycles. The van der Waals surface area contributed by atoms with E-state index in [1.807, 2.05) is 18.2 Å². The number of rotatable bonds is 3. The van der Waals surface area contributed by atoms with Gasteiger partial charge in [-0.1, -0.05) is 30.4 Å². The average Bonchev–Trinajstić information content (AvgIpc) is 2.95. The van der Waals surface area contributed by atoms with Crippen LogP contribution in [0.3, 0.4) is 0 Å². The molecule has 82 valence electrons. The third-order valence-corrected chi connectivity index (χ3v) is 3.05. The standard InChI is InChI=1S/C14H15NO/c1-4-8-14-11(5-1)9-13(16-14)10-15-12-6-2-3-7-12/h1-5,8-9,12,15H,6-7,10H2. The van der Waals surface area contributed by atoms with Gasteiger partial charge in [-0.2, -0.15) is 0 Å². The summed E-state index contributed by atoms with van der Waals surface area (Å²) in [6.07, 6.45) is 6.74. The highest BCUT2D eigenvalue weighted by molar-refractivity contribution is 5.77. The van der Waals surface area contributed by atoms with E-state index in [-0.39, 0.29) is 0 Å². The molecule has 0 amide bonds. The molecule has 0 unspecified atom stereocenters. The first kappa shape index (κ1) is 9.67. The smallest absolute Gasteiger partial charge is 0.134 e.